The van der Waals surface area contributed by atoms with Crippen LogP contribution in [0.5, 0.6) is 0 Å². The van der Waals surface area contributed by atoms with Gasteiger partial charge < -0.3 is 10.6 Å². The molecule has 0 saturated carbocycles. The van der Waals surface area contributed by atoms with E-state index in [2.05, 4.69) is 20.6 Å². The SMILES string of the molecule is CC(=O)c1cccc(Nc2cnc(C(=O)Nc3c(C)cccc3C)cn2)c1. The molecule has 0 saturated heterocycles. The van der Waals surface area contributed by atoms with Crippen LogP contribution >= 0.6 is 0 Å². The van der Waals surface area contributed by atoms with Crippen molar-refractivity contribution in [2.45, 2.75) is 20.8 Å². The summed E-state index contributed by atoms with van der Waals surface area (Å²) < 4.78 is 0. The van der Waals surface area contributed by atoms with Crippen molar-refractivity contribution in [3.05, 3.63) is 77.2 Å². The number of ketones is 1. The second-order valence-corrected chi connectivity index (χ2v) is 6.27. The number of hydrogen-bond donors (Lipinski definition) is 2. The molecule has 0 unspecified atom stereocenters. The van der Waals surface area contributed by atoms with E-state index in [0.717, 1.165) is 22.5 Å². The third-order valence-electron chi connectivity index (χ3n) is 4.15. The van der Waals surface area contributed by atoms with Gasteiger partial charge in [-0.05, 0) is 44.0 Å². The molecule has 1 heterocycles. The van der Waals surface area contributed by atoms with Gasteiger partial charge in [0.25, 0.3) is 5.91 Å². The fourth-order valence-electron chi connectivity index (χ4n) is 2.66. The lowest BCUT2D eigenvalue weighted by molar-refractivity contribution is 0.101. The molecule has 0 bridgehead atoms. The Balaban J connectivity index is 1.72. The van der Waals surface area contributed by atoms with Gasteiger partial charge in [-0.25, -0.2) is 9.97 Å². The lowest BCUT2D eigenvalue weighted by Crippen LogP contribution is -2.15. The fourth-order valence-corrected chi connectivity index (χ4v) is 2.66. The van der Waals surface area contributed by atoms with E-state index in [1.54, 1.807) is 18.2 Å². The summed E-state index contributed by atoms with van der Waals surface area (Å²) >= 11 is 0. The number of hydrogen-bond acceptors (Lipinski definition) is 5. The van der Waals surface area contributed by atoms with Crippen LogP contribution in [0.25, 0.3) is 0 Å². The summed E-state index contributed by atoms with van der Waals surface area (Å²) in [6.07, 6.45) is 2.90. The molecule has 6 heteroatoms. The summed E-state index contributed by atoms with van der Waals surface area (Å²) in [5.41, 5.74) is 4.32. The first-order chi connectivity index (χ1) is 12.9. The van der Waals surface area contributed by atoms with Gasteiger partial charge in [-0.1, -0.05) is 30.3 Å². The van der Waals surface area contributed by atoms with Gasteiger partial charge in [-0.3, -0.25) is 9.59 Å². The number of carbonyl (C=O) groups excluding carboxylic acids is 2. The van der Waals surface area contributed by atoms with E-state index in [9.17, 15) is 9.59 Å². The van der Waals surface area contributed by atoms with Crippen molar-refractivity contribution < 1.29 is 9.59 Å². The van der Waals surface area contributed by atoms with Crippen LogP contribution in [0.3, 0.4) is 0 Å². The molecule has 0 aliphatic carbocycles. The van der Waals surface area contributed by atoms with Gasteiger partial charge in [0, 0.05) is 16.9 Å². The zero-order valence-corrected chi connectivity index (χ0v) is 15.4. The number of aromatic nitrogens is 2. The molecule has 6 nitrogen and oxygen atoms in total. The summed E-state index contributed by atoms with van der Waals surface area (Å²) in [7, 11) is 0. The molecule has 1 amide bonds. The quantitative estimate of drug-likeness (QED) is 0.663. The number of benzene rings is 2. The van der Waals surface area contributed by atoms with Gasteiger partial charge in [0.2, 0.25) is 0 Å². The largest absolute Gasteiger partial charge is 0.339 e. The minimum Gasteiger partial charge on any atom is -0.339 e. The molecule has 3 rings (SSSR count). The molecule has 0 spiro atoms. The van der Waals surface area contributed by atoms with E-state index in [0.29, 0.717) is 11.4 Å². The number of nitrogens with one attached hydrogen (secondary N) is 2. The number of nitrogens with zero attached hydrogens (tertiary/aromatic N) is 2. The second kappa shape index (κ2) is 7.78. The van der Waals surface area contributed by atoms with Crippen molar-refractivity contribution in [2.24, 2.45) is 0 Å². The fraction of sp³-hybridized carbons (Fsp3) is 0.143. The highest BCUT2D eigenvalue weighted by Gasteiger charge is 2.11. The van der Waals surface area contributed by atoms with E-state index in [1.165, 1.54) is 19.3 Å². The first-order valence-electron chi connectivity index (χ1n) is 8.51. The molecular weight excluding hydrogens is 340 g/mol. The van der Waals surface area contributed by atoms with Crippen LogP contribution < -0.4 is 10.6 Å². The first kappa shape index (κ1) is 18.3. The van der Waals surface area contributed by atoms with Crippen LogP contribution in [0.4, 0.5) is 17.2 Å². The third kappa shape index (κ3) is 4.36. The number of anilines is 3. The molecule has 2 aromatic carbocycles. The number of para-hydroxylation sites is 1. The molecule has 0 aliphatic heterocycles. The van der Waals surface area contributed by atoms with E-state index in [4.69, 9.17) is 0 Å². The van der Waals surface area contributed by atoms with Crippen molar-refractivity contribution in [2.75, 3.05) is 10.6 Å². The minimum atomic E-state index is -0.315. The van der Waals surface area contributed by atoms with Gasteiger partial charge >= 0.3 is 0 Å². The van der Waals surface area contributed by atoms with Gasteiger partial charge in [-0.15, -0.1) is 0 Å². The molecule has 0 fully saturated rings. The summed E-state index contributed by atoms with van der Waals surface area (Å²) in [6.45, 7) is 5.40. The average molecular weight is 360 g/mol. The minimum absolute atomic E-state index is 0.0109. The molecular formula is C21H20N4O2. The summed E-state index contributed by atoms with van der Waals surface area (Å²) in [5, 5.41) is 5.96. The maximum Gasteiger partial charge on any atom is 0.275 e. The van der Waals surface area contributed by atoms with E-state index < -0.39 is 0 Å². The van der Waals surface area contributed by atoms with Crippen molar-refractivity contribution in [3.8, 4) is 0 Å². The van der Waals surface area contributed by atoms with Crippen molar-refractivity contribution >= 4 is 28.9 Å². The molecule has 27 heavy (non-hydrogen) atoms. The van der Waals surface area contributed by atoms with Crippen molar-refractivity contribution in [1.29, 1.82) is 0 Å². The van der Waals surface area contributed by atoms with Crippen molar-refractivity contribution in [1.82, 2.24) is 9.97 Å². The number of aryl methyl sites for hydroxylation is 2. The van der Waals surface area contributed by atoms with Gasteiger partial charge in [0.1, 0.15) is 11.5 Å². The Morgan fingerprint density at radius 1 is 0.926 bits per heavy atom. The smallest absolute Gasteiger partial charge is 0.275 e. The van der Waals surface area contributed by atoms with E-state index >= 15 is 0 Å². The van der Waals surface area contributed by atoms with Gasteiger partial charge in [-0.2, -0.15) is 0 Å². The molecule has 0 atom stereocenters. The average Bonchev–Trinajstić information content (AvgIpc) is 2.65. The predicted molar refractivity (Wildman–Crippen MR) is 106 cm³/mol. The molecule has 3 aromatic rings. The molecule has 136 valence electrons. The highest BCUT2D eigenvalue weighted by molar-refractivity contribution is 6.03. The topological polar surface area (TPSA) is 84.0 Å². The third-order valence-corrected chi connectivity index (χ3v) is 4.15. The van der Waals surface area contributed by atoms with Crippen LogP contribution in [0, 0.1) is 13.8 Å². The number of carbonyl (C=O) groups is 2. The molecule has 0 radical (unpaired) electrons. The van der Waals surface area contributed by atoms with E-state index in [-0.39, 0.29) is 17.4 Å². The maximum atomic E-state index is 12.4. The van der Waals surface area contributed by atoms with E-state index in [1.807, 2.05) is 38.1 Å². The Morgan fingerprint density at radius 3 is 2.26 bits per heavy atom. The van der Waals surface area contributed by atoms with Crippen LogP contribution in [-0.4, -0.2) is 21.7 Å². The van der Waals surface area contributed by atoms with Crippen LogP contribution in [0.1, 0.15) is 38.9 Å². The maximum absolute atomic E-state index is 12.4. The van der Waals surface area contributed by atoms with Crippen LogP contribution in [0.2, 0.25) is 0 Å². The lowest BCUT2D eigenvalue weighted by atomic mass is 10.1. The summed E-state index contributed by atoms with van der Waals surface area (Å²) in [6, 6.07) is 12.9. The Kier molecular flexibility index (Phi) is 5.26. The number of Topliss-reactive ketones (excluding diaryl/α,β-unsaturated/α-hetero) is 1. The van der Waals surface area contributed by atoms with Gasteiger partial charge in [0.05, 0.1) is 12.4 Å². The highest BCUT2D eigenvalue weighted by atomic mass is 16.2. The van der Waals surface area contributed by atoms with Crippen LogP contribution in [0.15, 0.2) is 54.9 Å². The zero-order valence-electron chi connectivity index (χ0n) is 15.4. The molecule has 2 N–H and O–H groups in total. The highest BCUT2D eigenvalue weighted by Crippen LogP contribution is 2.20. The molecule has 0 aliphatic rings. The normalized spacial score (nSPS) is 10.3. The Morgan fingerprint density at radius 2 is 1.63 bits per heavy atom. The predicted octanol–water partition coefficient (Wildman–Crippen LogP) is 4.29. The second-order valence-electron chi connectivity index (χ2n) is 6.27. The zero-order chi connectivity index (χ0) is 19.4. The first-order valence-corrected chi connectivity index (χ1v) is 8.51. The Bertz CT molecular complexity index is 977. The number of rotatable bonds is 5. The summed E-state index contributed by atoms with van der Waals surface area (Å²) in [4.78, 5) is 32.3. The van der Waals surface area contributed by atoms with Crippen LogP contribution in [-0.2, 0) is 0 Å². The summed E-state index contributed by atoms with van der Waals surface area (Å²) in [5.74, 6) is 0.160. The lowest BCUT2D eigenvalue weighted by Gasteiger charge is -2.11. The Labute approximate surface area is 157 Å². The Hall–Kier alpha value is -3.54. The standard InChI is InChI=1S/C21H20N4O2/c1-13-6-4-7-14(2)20(13)25-21(27)18-11-23-19(12-22-18)24-17-9-5-8-16(10-17)15(3)26/h4-12H,1-3H3,(H,23,24)(H,25,27). The van der Waals surface area contributed by atoms with Gasteiger partial charge in [0.15, 0.2) is 5.78 Å². The number of amides is 1. The van der Waals surface area contributed by atoms with Crippen molar-refractivity contribution in [3.63, 3.8) is 0 Å². The molecule has 1 aromatic heterocycles. The monoisotopic (exact) mass is 360 g/mol.